The lowest BCUT2D eigenvalue weighted by molar-refractivity contribution is 0.245. The molecule has 1 aliphatic heterocycles. The first-order valence-corrected chi connectivity index (χ1v) is 9.66. The average Bonchev–Trinajstić information content (AvgIpc) is 3.11. The van der Waals surface area contributed by atoms with Gasteiger partial charge in [0, 0.05) is 24.8 Å². The van der Waals surface area contributed by atoms with E-state index in [4.69, 9.17) is 16.3 Å². The maximum atomic E-state index is 12.4. The molecule has 1 aliphatic rings. The molecule has 1 aromatic carbocycles. The van der Waals surface area contributed by atoms with E-state index >= 15 is 0 Å². The van der Waals surface area contributed by atoms with Gasteiger partial charge in [-0.3, -0.25) is 14.1 Å². The van der Waals surface area contributed by atoms with Gasteiger partial charge >= 0.3 is 0 Å². The Labute approximate surface area is 163 Å². The summed E-state index contributed by atoms with van der Waals surface area (Å²) >= 11 is 5.98. The minimum atomic E-state index is -0.102. The molecule has 2 aromatic heterocycles. The number of likely N-dealkylation sites (tertiary alicyclic amines) is 1. The molecular weight excluding hydrogens is 362 g/mol. The summed E-state index contributed by atoms with van der Waals surface area (Å²) < 4.78 is 7.02. The summed E-state index contributed by atoms with van der Waals surface area (Å²) in [5, 5.41) is 0.522. The molecule has 5 nitrogen and oxygen atoms in total. The van der Waals surface area contributed by atoms with E-state index in [9.17, 15) is 4.79 Å². The molecule has 0 bridgehead atoms. The van der Waals surface area contributed by atoms with E-state index in [-0.39, 0.29) is 5.56 Å². The topological polar surface area (TPSA) is 46.8 Å². The molecule has 0 N–H and O–H groups in total. The zero-order chi connectivity index (χ0) is 18.8. The van der Waals surface area contributed by atoms with Crippen LogP contribution in [0.5, 0.6) is 5.75 Å². The van der Waals surface area contributed by atoms with Crippen molar-refractivity contribution < 1.29 is 4.74 Å². The zero-order valence-corrected chi connectivity index (χ0v) is 16.0. The van der Waals surface area contributed by atoms with Crippen LogP contribution in [0, 0.1) is 0 Å². The summed E-state index contributed by atoms with van der Waals surface area (Å²) in [5.41, 5.74) is 2.59. The van der Waals surface area contributed by atoms with Crippen LogP contribution in [-0.2, 0) is 6.54 Å². The Morgan fingerprint density at radius 1 is 1.22 bits per heavy atom. The summed E-state index contributed by atoms with van der Waals surface area (Å²) in [6.07, 6.45) is 3.85. The highest BCUT2D eigenvalue weighted by Crippen LogP contribution is 2.33. The van der Waals surface area contributed by atoms with Gasteiger partial charge in [-0.15, -0.1) is 0 Å². The molecule has 3 heterocycles. The summed E-state index contributed by atoms with van der Waals surface area (Å²) in [4.78, 5) is 19.5. The van der Waals surface area contributed by atoms with Gasteiger partial charge in [0.1, 0.15) is 11.4 Å². The molecule has 0 unspecified atom stereocenters. The van der Waals surface area contributed by atoms with Gasteiger partial charge < -0.3 is 4.74 Å². The number of benzene rings is 1. The van der Waals surface area contributed by atoms with Crippen LogP contribution >= 0.6 is 11.6 Å². The number of halogens is 1. The second-order valence-electron chi connectivity index (χ2n) is 6.79. The Balaban J connectivity index is 1.57. The minimum Gasteiger partial charge on any atom is -0.494 e. The van der Waals surface area contributed by atoms with Crippen LogP contribution in [0.25, 0.3) is 5.65 Å². The number of hydrogen-bond donors (Lipinski definition) is 0. The van der Waals surface area contributed by atoms with Crippen LogP contribution in [0.4, 0.5) is 0 Å². The van der Waals surface area contributed by atoms with Crippen molar-refractivity contribution in [2.75, 3.05) is 13.2 Å². The van der Waals surface area contributed by atoms with Crippen LogP contribution < -0.4 is 10.3 Å². The fourth-order valence-corrected chi connectivity index (χ4v) is 3.92. The van der Waals surface area contributed by atoms with Crippen LogP contribution in [0.1, 0.15) is 37.1 Å². The molecule has 0 radical (unpaired) electrons. The lowest BCUT2D eigenvalue weighted by atomic mass is 10.0. The van der Waals surface area contributed by atoms with E-state index in [0.717, 1.165) is 30.8 Å². The second-order valence-corrected chi connectivity index (χ2v) is 7.23. The van der Waals surface area contributed by atoms with E-state index in [1.807, 2.05) is 19.1 Å². The smallest absolute Gasteiger partial charge is 0.258 e. The molecule has 1 saturated heterocycles. The predicted molar refractivity (Wildman–Crippen MR) is 106 cm³/mol. The molecule has 4 rings (SSSR count). The van der Waals surface area contributed by atoms with Crippen molar-refractivity contribution in [3.05, 3.63) is 75.3 Å². The fourth-order valence-electron chi connectivity index (χ4n) is 3.76. The van der Waals surface area contributed by atoms with Crippen LogP contribution in [0.15, 0.2) is 53.5 Å². The number of pyridine rings is 1. The molecule has 27 heavy (non-hydrogen) atoms. The van der Waals surface area contributed by atoms with Crippen molar-refractivity contribution >= 4 is 17.2 Å². The van der Waals surface area contributed by atoms with Gasteiger partial charge in [-0.25, -0.2) is 4.98 Å². The summed E-state index contributed by atoms with van der Waals surface area (Å²) in [5.74, 6) is 0.897. The number of ether oxygens (including phenoxy) is 1. The van der Waals surface area contributed by atoms with Crippen LogP contribution in [0.2, 0.25) is 5.02 Å². The molecule has 3 aromatic rings. The highest BCUT2D eigenvalue weighted by Gasteiger charge is 2.26. The molecule has 140 valence electrons. The molecule has 6 heteroatoms. The third-order valence-electron chi connectivity index (χ3n) is 4.98. The van der Waals surface area contributed by atoms with Gasteiger partial charge in [0.2, 0.25) is 0 Å². The maximum Gasteiger partial charge on any atom is 0.258 e. The van der Waals surface area contributed by atoms with E-state index < -0.39 is 0 Å². The molecule has 0 aliphatic carbocycles. The highest BCUT2D eigenvalue weighted by atomic mass is 35.5. The van der Waals surface area contributed by atoms with Gasteiger partial charge in [-0.05, 0) is 56.1 Å². The van der Waals surface area contributed by atoms with Crippen molar-refractivity contribution in [1.29, 1.82) is 0 Å². The number of fused-ring (bicyclic) bond motifs is 1. The van der Waals surface area contributed by atoms with Crippen molar-refractivity contribution in [1.82, 2.24) is 14.3 Å². The SMILES string of the molecule is CCOc1ccc([C@@H]2CCCN2Cc2cc(=O)n3cc(Cl)ccc3n2)cc1. The lowest BCUT2D eigenvalue weighted by Crippen LogP contribution is -2.25. The first-order valence-electron chi connectivity index (χ1n) is 9.28. The van der Waals surface area contributed by atoms with Gasteiger partial charge in [0.05, 0.1) is 17.3 Å². The molecule has 1 atom stereocenters. The largest absolute Gasteiger partial charge is 0.494 e. The Bertz CT molecular complexity index is 1000. The molecular formula is C21H22ClN3O2. The first-order chi connectivity index (χ1) is 13.1. The Hall–Kier alpha value is -2.37. The predicted octanol–water partition coefficient (Wildman–Crippen LogP) is 4.08. The third kappa shape index (κ3) is 3.84. The Morgan fingerprint density at radius 2 is 2.04 bits per heavy atom. The minimum absolute atomic E-state index is 0.102. The quantitative estimate of drug-likeness (QED) is 0.666. The van der Waals surface area contributed by atoms with Gasteiger partial charge in [-0.1, -0.05) is 23.7 Å². The summed E-state index contributed by atoms with van der Waals surface area (Å²) in [6.45, 7) is 4.31. The number of hydrogen-bond acceptors (Lipinski definition) is 4. The Kier molecular flexibility index (Phi) is 5.14. The number of rotatable bonds is 5. The monoisotopic (exact) mass is 383 g/mol. The molecule has 0 amide bonds. The Morgan fingerprint density at radius 3 is 2.81 bits per heavy atom. The van der Waals surface area contributed by atoms with E-state index in [0.29, 0.717) is 29.9 Å². The lowest BCUT2D eigenvalue weighted by Gasteiger charge is -2.24. The van der Waals surface area contributed by atoms with E-state index in [2.05, 4.69) is 22.0 Å². The molecule has 0 spiro atoms. The highest BCUT2D eigenvalue weighted by molar-refractivity contribution is 6.30. The maximum absolute atomic E-state index is 12.4. The standard InChI is InChI=1S/C21H22ClN3O2/c1-2-27-18-8-5-15(6-9-18)19-4-3-11-24(19)14-17-12-21(26)25-13-16(22)7-10-20(25)23-17/h5-10,12-13,19H,2-4,11,14H2,1H3/t19-/m0/s1. The van der Waals surface area contributed by atoms with Crippen LogP contribution in [-0.4, -0.2) is 27.4 Å². The normalized spacial score (nSPS) is 17.5. The first kappa shape index (κ1) is 18.0. The van der Waals surface area contributed by atoms with Crippen molar-refractivity contribution in [2.24, 2.45) is 0 Å². The van der Waals surface area contributed by atoms with Crippen molar-refractivity contribution in [3.8, 4) is 5.75 Å². The molecule has 0 saturated carbocycles. The number of nitrogens with zero attached hydrogens (tertiary/aromatic N) is 3. The van der Waals surface area contributed by atoms with Crippen molar-refractivity contribution in [2.45, 2.75) is 32.4 Å². The number of aromatic nitrogens is 2. The van der Waals surface area contributed by atoms with Gasteiger partial charge in [-0.2, -0.15) is 0 Å². The second kappa shape index (κ2) is 7.71. The zero-order valence-electron chi connectivity index (χ0n) is 15.3. The average molecular weight is 384 g/mol. The fraction of sp³-hybridized carbons (Fsp3) is 0.333. The van der Waals surface area contributed by atoms with E-state index in [1.165, 1.54) is 9.96 Å². The van der Waals surface area contributed by atoms with Crippen LogP contribution in [0.3, 0.4) is 0 Å². The van der Waals surface area contributed by atoms with Gasteiger partial charge in [0.25, 0.3) is 5.56 Å². The van der Waals surface area contributed by atoms with E-state index in [1.54, 1.807) is 24.4 Å². The van der Waals surface area contributed by atoms with Crippen molar-refractivity contribution in [3.63, 3.8) is 0 Å². The third-order valence-corrected chi connectivity index (χ3v) is 5.20. The summed E-state index contributed by atoms with van der Waals surface area (Å²) in [6, 6.07) is 13.8. The summed E-state index contributed by atoms with van der Waals surface area (Å²) in [7, 11) is 0. The van der Waals surface area contributed by atoms with Gasteiger partial charge in [0.15, 0.2) is 0 Å². The molecule has 1 fully saturated rings.